The average molecular weight is 773 g/mol. The molecule has 0 radical (unpaired) electrons. The third-order valence-corrected chi connectivity index (χ3v) is 9.98. The quantitative estimate of drug-likeness (QED) is 0.0240. The third-order valence-electron chi connectivity index (χ3n) is 9.03. The summed E-state index contributed by atoms with van der Waals surface area (Å²) in [6, 6.07) is 0. The van der Waals surface area contributed by atoms with E-state index in [1.165, 1.54) is 96.3 Å². The molecule has 0 saturated heterocycles. The van der Waals surface area contributed by atoms with E-state index in [2.05, 4.69) is 50.3 Å². The van der Waals surface area contributed by atoms with Crippen molar-refractivity contribution in [3.63, 3.8) is 0 Å². The van der Waals surface area contributed by atoms with Crippen molar-refractivity contribution >= 4 is 13.8 Å². The van der Waals surface area contributed by atoms with Gasteiger partial charge in [0, 0.05) is 13.0 Å². The largest absolute Gasteiger partial charge is 0.472 e. The molecule has 312 valence electrons. The Kier molecular flexibility index (Phi) is 39.3. The SMILES string of the molecule is CCC/C=C\C/C=C\CCCCCCCC(=O)OC(COCCCCCCCCCC/C=C\CCCCCCCCC)COP(=O)(O)OCC(O)CO. The molecule has 0 aliphatic carbocycles. The molecule has 0 saturated carbocycles. The summed E-state index contributed by atoms with van der Waals surface area (Å²) in [7, 11) is -4.52. The molecule has 53 heavy (non-hydrogen) atoms. The van der Waals surface area contributed by atoms with E-state index < -0.39 is 39.2 Å². The number of esters is 1. The highest BCUT2D eigenvalue weighted by Crippen LogP contribution is 2.43. The number of aliphatic hydroxyl groups excluding tert-OH is 2. The fourth-order valence-corrected chi connectivity index (χ4v) is 6.53. The predicted octanol–water partition coefficient (Wildman–Crippen LogP) is 11.6. The molecular formula is C43H81O9P. The summed E-state index contributed by atoms with van der Waals surface area (Å²) in [5, 5.41) is 18.3. The topological polar surface area (TPSA) is 132 Å². The lowest BCUT2D eigenvalue weighted by molar-refractivity contribution is -0.154. The Bertz CT molecular complexity index is 923. The van der Waals surface area contributed by atoms with Gasteiger partial charge in [-0.25, -0.2) is 4.57 Å². The molecule has 0 spiro atoms. The Morgan fingerprint density at radius 1 is 0.585 bits per heavy atom. The monoisotopic (exact) mass is 773 g/mol. The van der Waals surface area contributed by atoms with Gasteiger partial charge in [-0.1, -0.05) is 153 Å². The van der Waals surface area contributed by atoms with Crippen LogP contribution in [0.2, 0.25) is 0 Å². The van der Waals surface area contributed by atoms with Crippen LogP contribution >= 0.6 is 7.82 Å². The average Bonchev–Trinajstić information content (AvgIpc) is 3.15. The van der Waals surface area contributed by atoms with Crippen molar-refractivity contribution in [2.24, 2.45) is 0 Å². The van der Waals surface area contributed by atoms with Gasteiger partial charge < -0.3 is 24.6 Å². The second kappa shape index (κ2) is 40.3. The van der Waals surface area contributed by atoms with Gasteiger partial charge in [0.25, 0.3) is 0 Å². The minimum Gasteiger partial charge on any atom is -0.457 e. The zero-order chi connectivity index (χ0) is 38.9. The Labute approximate surface area is 325 Å². The maximum absolute atomic E-state index is 12.6. The molecule has 0 amide bonds. The summed E-state index contributed by atoms with van der Waals surface area (Å²) < 4.78 is 33.3. The summed E-state index contributed by atoms with van der Waals surface area (Å²) in [5.74, 6) is -0.398. The second-order valence-electron chi connectivity index (χ2n) is 14.4. The summed E-state index contributed by atoms with van der Waals surface area (Å²) in [6.45, 7) is 3.43. The molecule has 0 aromatic heterocycles. The molecule has 9 nitrogen and oxygen atoms in total. The first-order valence-electron chi connectivity index (χ1n) is 21.5. The first kappa shape index (κ1) is 51.7. The highest BCUT2D eigenvalue weighted by Gasteiger charge is 2.26. The molecule has 0 aromatic rings. The number of carbonyl (C=O) groups is 1. The molecule has 3 atom stereocenters. The van der Waals surface area contributed by atoms with E-state index in [0.717, 1.165) is 64.2 Å². The smallest absolute Gasteiger partial charge is 0.457 e. The minimum absolute atomic E-state index is 0.0421. The lowest BCUT2D eigenvalue weighted by Crippen LogP contribution is -2.29. The summed E-state index contributed by atoms with van der Waals surface area (Å²) in [6.07, 6.45) is 42.5. The molecule has 0 aliphatic heterocycles. The molecule has 0 aromatic carbocycles. The highest BCUT2D eigenvalue weighted by molar-refractivity contribution is 7.47. The zero-order valence-electron chi connectivity index (χ0n) is 34.0. The number of ether oxygens (including phenoxy) is 2. The van der Waals surface area contributed by atoms with Gasteiger partial charge >= 0.3 is 13.8 Å². The fourth-order valence-electron chi connectivity index (χ4n) is 5.74. The number of phosphoric ester groups is 1. The molecule has 0 aliphatic rings. The van der Waals surface area contributed by atoms with Crippen LogP contribution in [-0.4, -0.2) is 66.3 Å². The number of hydrogen-bond donors (Lipinski definition) is 3. The van der Waals surface area contributed by atoms with Crippen molar-refractivity contribution in [1.82, 2.24) is 0 Å². The van der Waals surface area contributed by atoms with Gasteiger partial charge in [0.2, 0.25) is 0 Å². The van der Waals surface area contributed by atoms with Crippen LogP contribution in [0.1, 0.15) is 187 Å². The van der Waals surface area contributed by atoms with Crippen LogP contribution in [0.25, 0.3) is 0 Å². The molecule has 0 rings (SSSR count). The van der Waals surface area contributed by atoms with Gasteiger partial charge in [-0.3, -0.25) is 13.8 Å². The van der Waals surface area contributed by atoms with Crippen molar-refractivity contribution in [2.45, 2.75) is 199 Å². The van der Waals surface area contributed by atoms with Crippen molar-refractivity contribution < 1.29 is 43.0 Å². The van der Waals surface area contributed by atoms with Crippen LogP contribution in [-0.2, 0) is 27.9 Å². The first-order chi connectivity index (χ1) is 25.8. The van der Waals surface area contributed by atoms with Gasteiger partial charge in [0.1, 0.15) is 12.2 Å². The first-order valence-corrected chi connectivity index (χ1v) is 23.0. The zero-order valence-corrected chi connectivity index (χ0v) is 34.9. The third kappa shape index (κ3) is 40.2. The molecule has 10 heteroatoms. The Hall–Kier alpha value is -1.32. The molecular weight excluding hydrogens is 691 g/mol. The van der Waals surface area contributed by atoms with Gasteiger partial charge in [-0.05, 0) is 64.2 Å². The number of allylic oxidation sites excluding steroid dienone is 6. The maximum Gasteiger partial charge on any atom is 0.472 e. The van der Waals surface area contributed by atoms with Crippen molar-refractivity contribution in [2.75, 3.05) is 33.0 Å². The van der Waals surface area contributed by atoms with Gasteiger partial charge in [-0.2, -0.15) is 0 Å². The van der Waals surface area contributed by atoms with Gasteiger partial charge in [0.15, 0.2) is 0 Å². The van der Waals surface area contributed by atoms with E-state index in [4.69, 9.17) is 23.6 Å². The van der Waals surface area contributed by atoms with Crippen molar-refractivity contribution in [1.29, 1.82) is 0 Å². The molecule has 0 bridgehead atoms. The van der Waals surface area contributed by atoms with Crippen LogP contribution in [0.5, 0.6) is 0 Å². The van der Waals surface area contributed by atoms with Crippen LogP contribution < -0.4 is 0 Å². The van der Waals surface area contributed by atoms with E-state index in [0.29, 0.717) is 13.0 Å². The van der Waals surface area contributed by atoms with Crippen LogP contribution in [0.15, 0.2) is 36.5 Å². The molecule has 3 N–H and O–H groups in total. The van der Waals surface area contributed by atoms with Crippen LogP contribution in [0.3, 0.4) is 0 Å². The van der Waals surface area contributed by atoms with Gasteiger partial charge in [0.05, 0.1) is 26.4 Å². The Balaban J connectivity index is 4.16. The summed E-state index contributed by atoms with van der Waals surface area (Å²) in [4.78, 5) is 22.5. The summed E-state index contributed by atoms with van der Waals surface area (Å²) >= 11 is 0. The molecule has 0 heterocycles. The van der Waals surface area contributed by atoms with Gasteiger partial charge in [-0.15, -0.1) is 0 Å². The molecule has 0 fully saturated rings. The number of rotatable bonds is 41. The van der Waals surface area contributed by atoms with Crippen molar-refractivity contribution in [3.8, 4) is 0 Å². The van der Waals surface area contributed by atoms with E-state index in [9.17, 15) is 19.4 Å². The number of phosphoric acid groups is 1. The minimum atomic E-state index is -4.52. The maximum atomic E-state index is 12.6. The van der Waals surface area contributed by atoms with E-state index in [1.54, 1.807) is 0 Å². The van der Waals surface area contributed by atoms with E-state index in [1.807, 2.05) is 0 Å². The van der Waals surface area contributed by atoms with E-state index in [-0.39, 0.29) is 19.6 Å². The lowest BCUT2D eigenvalue weighted by Gasteiger charge is -2.20. The molecule has 3 unspecified atom stereocenters. The predicted molar refractivity (Wildman–Crippen MR) is 219 cm³/mol. The number of unbranched alkanes of at least 4 members (excludes halogenated alkanes) is 21. The second-order valence-corrected chi connectivity index (χ2v) is 15.8. The van der Waals surface area contributed by atoms with Crippen molar-refractivity contribution in [3.05, 3.63) is 36.5 Å². The van der Waals surface area contributed by atoms with Crippen LogP contribution in [0, 0.1) is 0 Å². The lowest BCUT2D eigenvalue weighted by atomic mass is 10.1. The normalized spacial score (nSPS) is 14.4. The highest BCUT2D eigenvalue weighted by atomic mass is 31.2. The van der Waals surface area contributed by atoms with Crippen LogP contribution in [0.4, 0.5) is 0 Å². The Morgan fingerprint density at radius 3 is 1.60 bits per heavy atom. The number of carbonyl (C=O) groups excluding carboxylic acids is 1. The Morgan fingerprint density at radius 2 is 1.06 bits per heavy atom. The fraction of sp³-hybridized carbons (Fsp3) is 0.837. The number of hydrogen-bond acceptors (Lipinski definition) is 8. The standard InChI is InChI=1S/C43H81O9P/c1-3-5-7-9-11-13-15-17-18-19-20-21-22-24-26-28-30-32-34-36-49-39-42(40-51-53(47,48)50-38-41(45)37-44)52-43(46)35-33-31-29-27-25-23-16-14-12-10-8-6-4-2/h8,10,14,16,18-19,41-42,44-45H,3-7,9,11-13,15,17,20-40H2,1-2H3,(H,47,48)/b10-8-,16-14-,19-18-. The van der Waals surface area contributed by atoms with E-state index >= 15 is 0 Å². The summed E-state index contributed by atoms with van der Waals surface area (Å²) in [5.41, 5.74) is 0. The number of aliphatic hydroxyl groups is 2.